The molecule has 8 heteroatoms. The van der Waals surface area contributed by atoms with Crippen LogP contribution in [-0.2, 0) is 9.59 Å². The van der Waals surface area contributed by atoms with Gasteiger partial charge in [0.25, 0.3) is 0 Å². The molecule has 1 aromatic rings. The van der Waals surface area contributed by atoms with Crippen LogP contribution in [0.3, 0.4) is 0 Å². The predicted octanol–water partition coefficient (Wildman–Crippen LogP) is 2.76. The molecule has 0 aromatic heterocycles. The fraction of sp³-hybridized carbons (Fsp3) is 0.182. The lowest BCUT2D eigenvalue weighted by Gasteiger charge is -2.13. The minimum Gasteiger partial charge on any atom is -0.478 e. The summed E-state index contributed by atoms with van der Waals surface area (Å²) in [5.41, 5.74) is -0.140. The minimum atomic E-state index is -1.23. The van der Waals surface area contributed by atoms with Gasteiger partial charge in [-0.2, -0.15) is 0 Å². The van der Waals surface area contributed by atoms with E-state index in [0.717, 1.165) is 6.92 Å². The molecule has 0 saturated heterocycles. The Morgan fingerprint density at radius 1 is 1.05 bits per heavy atom. The number of ether oxygens (including phenoxy) is 2. The number of rotatable bonds is 3. The van der Waals surface area contributed by atoms with Crippen molar-refractivity contribution in [1.29, 1.82) is 0 Å². The zero-order valence-corrected chi connectivity index (χ0v) is 13.0. The Kier molecular flexibility index (Phi) is 5.07. The first-order chi connectivity index (χ1) is 8.73. The number of carboxylic acid groups (broad SMARTS) is 1. The van der Waals surface area contributed by atoms with Crippen molar-refractivity contribution in [3.05, 3.63) is 20.6 Å². The lowest BCUT2D eigenvalue weighted by molar-refractivity contribution is -0.134. The van der Waals surface area contributed by atoms with E-state index in [4.69, 9.17) is 14.6 Å². The van der Waals surface area contributed by atoms with Gasteiger partial charge >= 0.3 is 17.9 Å². The van der Waals surface area contributed by atoms with Crippen LogP contribution in [-0.4, -0.2) is 23.0 Å². The molecule has 0 fully saturated rings. The highest BCUT2D eigenvalue weighted by atomic mass is 79.9. The second-order valence-corrected chi connectivity index (χ2v) is 5.02. The van der Waals surface area contributed by atoms with Crippen molar-refractivity contribution in [3.8, 4) is 11.5 Å². The highest BCUT2D eigenvalue weighted by Gasteiger charge is 2.24. The van der Waals surface area contributed by atoms with Gasteiger partial charge in [0.2, 0.25) is 0 Å². The first-order valence-electron chi connectivity index (χ1n) is 4.86. The summed E-state index contributed by atoms with van der Waals surface area (Å²) in [6, 6.07) is 1.23. The van der Waals surface area contributed by atoms with Crippen LogP contribution in [0.4, 0.5) is 0 Å². The number of hydrogen-bond donors (Lipinski definition) is 1. The van der Waals surface area contributed by atoms with E-state index in [1.54, 1.807) is 0 Å². The molecule has 1 rings (SSSR count). The second kappa shape index (κ2) is 6.16. The third kappa shape index (κ3) is 3.77. The molecule has 0 heterocycles. The lowest BCUT2D eigenvalue weighted by Crippen LogP contribution is -2.10. The van der Waals surface area contributed by atoms with Gasteiger partial charge in [-0.05, 0) is 37.9 Å². The van der Waals surface area contributed by atoms with Gasteiger partial charge in [-0.3, -0.25) is 9.59 Å². The Bertz CT molecular complexity index is 567. The molecule has 0 bridgehead atoms. The van der Waals surface area contributed by atoms with E-state index in [1.165, 1.54) is 13.0 Å². The molecule has 0 spiro atoms. The molecule has 19 heavy (non-hydrogen) atoms. The zero-order chi connectivity index (χ0) is 14.7. The summed E-state index contributed by atoms with van der Waals surface area (Å²) in [5, 5.41) is 9.02. The molecular weight excluding hydrogens is 388 g/mol. The molecule has 0 aliphatic rings. The first-order valence-corrected chi connectivity index (χ1v) is 6.44. The number of esters is 2. The van der Waals surface area contributed by atoms with E-state index < -0.39 is 17.9 Å². The van der Waals surface area contributed by atoms with E-state index in [1.807, 2.05) is 0 Å². The molecule has 0 radical (unpaired) electrons. The van der Waals surface area contributed by atoms with Crippen LogP contribution in [0.2, 0.25) is 0 Å². The van der Waals surface area contributed by atoms with Gasteiger partial charge in [-0.25, -0.2) is 4.79 Å². The second-order valence-electron chi connectivity index (χ2n) is 3.37. The number of aromatic carboxylic acids is 1. The number of carbonyl (C=O) groups is 3. The Morgan fingerprint density at radius 2 is 1.53 bits per heavy atom. The SMILES string of the molecule is CC(=O)Oc1c(Br)cc(C(=O)O)c(Br)c1OC(C)=O. The Balaban J connectivity index is 3.52. The van der Waals surface area contributed by atoms with Crippen molar-refractivity contribution in [1.82, 2.24) is 0 Å². The van der Waals surface area contributed by atoms with E-state index in [0.29, 0.717) is 0 Å². The highest BCUT2D eigenvalue weighted by molar-refractivity contribution is 9.11. The number of carboxylic acids is 1. The number of halogens is 2. The molecule has 1 N–H and O–H groups in total. The summed E-state index contributed by atoms with van der Waals surface area (Å²) in [7, 11) is 0. The van der Waals surface area contributed by atoms with Crippen molar-refractivity contribution in [2.75, 3.05) is 0 Å². The third-order valence-corrected chi connectivity index (χ3v) is 3.23. The van der Waals surface area contributed by atoms with Gasteiger partial charge < -0.3 is 14.6 Å². The van der Waals surface area contributed by atoms with Crippen LogP contribution in [0.25, 0.3) is 0 Å². The molecule has 102 valence electrons. The average Bonchev–Trinajstić information content (AvgIpc) is 2.26. The zero-order valence-electron chi connectivity index (χ0n) is 9.82. The molecule has 0 aliphatic heterocycles. The maximum absolute atomic E-state index is 11.0. The van der Waals surface area contributed by atoms with Crippen molar-refractivity contribution in [2.45, 2.75) is 13.8 Å². The van der Waals surface area contributed by atoms with E-state index in [2.05, 4.69) is 31.9 Å². The monoisotopic (exact) mass is 394 g/mol. The summed E-state index contributed by atoms with van der Waals surface area (Å²) in [4.78, 5) is 33.1. The quantitative estimate of drug-likeness (QED) is 0.625. The molecule has 0 atom stereocenters. The molecule has 6 nitrogen and oxygen atoms in total. The maximum Gasteiger partial charge on any atom is 0.337 e. The predicted molar refractivity (Wildman–Crippen MR) is 71.4 cm³/mol. The summed E-state index contributed by atoms with van der Waals surface area (Å²) < 4.78 is 9.99. The third-order valence-electron chi connectivity index (χ3n) is 1.85. The largest absolute Gasteiger partial charge is 0.478 e. The first kappa shape index (κ1) is 15.6. The number of hydrogen-bond acceptors (Lipinski definition) is 5. The van der Waals surface area contributed by atoms with Gasteiger partial charge in [0, 0.05) is 13.8 Å². The topological polar surface area (TPSA) is 89.9 Å². The van der Waals surface area contributed by atoms with E-state index in [-0.39, 0.29) is 26.0 Å². The van der Waals surface area contributed by atoms with Crippen molar-refractivity contribution < 1.29 is 29.0 Å². The molecule has 0 amide bonds. The van der Waals surface area contributed by atoms with Crippen molar-refractivity contribution in [2.24, 2.45) is 0 Å². The smallest absolute Gasteiger partial charge is 0.337 e. The Labute approximate surface area is 124 Å². The molecule has 0 saturated carbocycles. The van der Waals surface area contributed by atoms with Crippen LogP contribution in [0.1, 0.15) is 24.2 Å². The Morgan fingerprint density at radius 3 is 1.95 bits per heavy atom. The van der Waals surface area contributed by atoms with Gasteiger partial charge in [0.05, 0.1) is 14.5 Å². The van der Waals surface area contributed by atoms with Crippen molar-refractivity contribution in [3.63, 3.8) is 0 Å². The van der Waals surface area contributed by atoms with Crippen LogP contribution in [0.15, 0.2) is 15.0 Å². The molecule has 0 unspecified atom stereocenters. The number of carbonyl (C=O) groups excluding carboxylic acids is 2. The fourth-order valence-electron chi connectivity index (χ4n) is 1.22. The normalized spacial score (nSPS) is 9.89. The van der Waals surface area contributed by atoms with Crippen LogP contribution < -0.4 is 9.47 Å². The lowest BCUT2D eigenvalue weighted by atomic mass is 10.2. The summed E-state index contributed by atoms with van der Waals surface area (Å²) in [6.07, 6.45) is 0. The highest BCUT2D eigenvalue weighted by Crippen LogP contribution is 2.43. The van der Waals surface area contributed by atoms with Crippen LogP contribution in [0, 0.1) is 0 Å². The summed E-state index contributed by atoms with van der Waals surface area (Å²) in [6.45, 7) is 2.31. The van der Waals surface area contributed by atoms with Crippen LogP contribution >= 0.6 is 31.9 Å². The fourth-order valence-corrected chi connectivity index (χ4v) is 2.25. The van der Waals surface area contributed by atoms with Gasteiger partial charge in [-0.15, -0.1) is 0 Å². The maximum atomic E-state index is 11.0. The average molecular weight is 396 g/mol. The van der Waals surface area contributed by atoms with E-state index >= 15 is 0 Å². The minimum absolute atomic E-state index is 0.00894. The standard InChI is InChI=1S/C11H8Br2O6/c1-4(14)18-9-7(12)3-6(11(16)17)8(13)10(9)19-5(2)15/h3H,1-2H3,(H,16,17). The summed E-state index contributed by atoms with van der Waals surface area (Å²) >= 11 is 6.08. The molecule has 0 aliphatic carbocycles. The van der Waals surface area contributed by atoms with Crippen molar-refractivity contribution >= 4 is 49.8 Å². The van der Waals surface area contributed by atoms with E-state index in [9.17, 15) is 14.4 Å². The van der Waals surface area contributed by atoms with Gasteiger partial charge in [-0.1, -0.05) is 0 Å². The van der Waals surface area contributed by atoms with Crippen LogP contribution in [0.5, 0.6) is 11.5 Å². The molecular formula is C11H8Br2O6. The van der Waals surface area contributed by atoms with Gasteiger partial charge in [0.15, 0.2) is 11.5 Å². The number of benzene rings is 1. The summed E-state index contributed by atoms with van der Waals surface area (Å²) in [5.74, 6) is -2.78. The molecule has 1 aromatic carbocycles. The van der Waals surface area contributed by atoms with Gasteiger partial charge in [0.1, 0.15) is 0 Å². The Hall–Kier alpha value is -1.41.